The smallest absolute Gasteiger partial charge is 0.121 e. The third-order valence-corrected chi connectivity index (χ3v) is 3.88. The van der Waals surface area contributed by atoms with Crippen LogP contribution in [-0.4, -0.2) is 7.11 Å². The van der Waals surface area contributed by atoms with E-state index in [1.807, 2.05) is 19.1 Å². The lowest BCUT2D eigenvalue weighted by Gasteiger charge is -2.15. The van der Waals surface area contributed by atoms with Crippen LogP contribution in [0.4, 0.5) is 0 Å². The lowest BCUT2D eigenvalue weighted by molar-refractivity contribution is 0.134. The summed E-state index contributed by atoms with van der Waals surface area (Å²) < 4.78 is 10.7. The van der Waals surface area contributed by atoms with E-state index in [4.69, 9.17) is 15.2 Å². The van der Waals surface area contributed by atoms with Gasteiger partial charge >= 0.3 is 0 Å². The monoisotopic (exact) mass is 269 g/mol. The molecule has 0 amide bonds. The first-order chi connectivity index (χ1) is 9.69. The first kappa shape index (κ1) is 13.2. The zero-order valence-corrected chi connectivity index (χ0v) is 11.8. The lowest BCUT2D eigenvalue weighted by atomic mass is 9.95. The van der Waals surface area contributed by atoms with Crippen LogP contribution in [0.3, 0.4) is 0 Å². The minimum Gasteiger partial charge on any atom is -0.496 e. The number of hydrogen-bond acceptors (Lipinski definition) is 3. The summed E-state index contributed by atoms with van der Waals surface area (Å²) in [4.78, 5) is 0. The number of benzene rings is 2. The van der Waals surface area contributed by atoms with Gasteiger partial charge in [0.1, 0.15) is 5.75 Å². The topological polar surface area (TPSA) is 44.5 Å². The molecule has 1 heterocycles. The highest BCUT2D eigenvalue weighted by Gasteiger charge is 2.15. The Hall–Kier alpha value is -1.84. The van der Waals surface area contributed by atoms with Crippen molar-refractivity contribution in [2.45, 2.75) is 26.2 Å². The Morgan fingerprint density at radius 3 is 2.50 bits per heavy atom. The minimum absolute atomic E-state index is 0.120. The van der Waals surface area contributed by atoms with E-state index < -0.39 is 0 Å². The van der Waals surface area contributed by atoms with Crippen molar-refractivity contribution in [3.63, 3.8) is 0 Å². The molecule has 1 aliphatic rings. The molecule has 104 valence electrons. The third kappa shape index (κ3) is 2.30. The predicted molar refractivity (Wildman–Crippen MR) is 78.7 cm³/mol. The van der Waals surface area contributed by atoms with E-state index in [0.29, 0.717) is 13.2 Å². The molecule has 0 saturated carbocycles. The van der Waals surface area contributed by atoms with Gasteiger partial charge in [-0.1, -0.05) is 30.3 Å². The highest BCUT2D eigenvalue weighted by molar-refractivity contribution is 5.42. The van der Waals surface area contributed by atoms with Gasteiger partial charge < -0.3 is 15.2 Å². The highest BCUT2D eigenvalue weighted by atomic mass is 16.5. The summed E-state index contributed by atoms with van der Waals surface area (Å²) in [6, 6.07) is 12.3. The Morgan fingerprint density at radius 1 is 1.05 bits per heavy atom. The molecule has 0 spiro atoms. The average molecular weight is 269 g/mol. The molecule has 3 rings (SSSR count). The van der Waals surface area contributed by atoms with Crippen LogP contribution in [0.2, 0.25) is 0 Å². The summed E-state index contributed by atoms with van der Waals surface area (Å²) >= 11 is 0. The average Bonchev–Trinajstić information content (AvgIpc) is 2.93. The van der Waals surface area contributed by atoms with Gasteiger partial charge in [-0.2, -0.15) is 0 Å². The van der Waals surface area contributed by atoms with Gasteiger partial charge in [0.05, 0.1) is 26.4 Å². The van der Waals surface area contributed by atoms with Gasteiger partial charge in [-0.3, -0.25) is 0 Å². The molecule has 1 aliphatic heterocycles. The van der Waals surface area contributed by atoms with Crippen LogP contribution < -0.4 is 10.5 Å². The molecule has 2 aromatic rings. The van der Waals surface area contributed by atoms with Gasteiger partial charge in [0, 0.05) is 0 Å². The fourth-order valence-corrected chi connectivity index (χ4v) is 2.67. The van der Waals surface area contributed by atoms with Crippen LogP contribution in [0.15, 0.2) is 36.4 Å². The third-order valence-electron chi connectivity index (χ3n) is 3.88. The minimum atomic E-state index is -0.120. The second-order valence-electron chi connectivity index (χ2n) is 5.23. The Kier molecular flexibility index (Phi) is 3.47. The Balaban J connectivity index is 1.92. The number of nitrogens with two attached hydrogens (primary N) is 1. The number of aryl methyl sites for hydroxylation is 1. The van der Waals surface area contributed by atoms with Gasteiger partial charge in [0.25, 0.3) is 0 Å². The van der Waals surface area contributed by atoms with Crippen LogP contribution in [0.1, 0.15) is 33.9 Å². The Bertz CT molecular complexity index is 637. The first-order valence-corrected chi connectivity index (χ1v) is 6.78. The number of rotatable bonds is 3. The molecule has 0 radical (unpaired) electrons. The number of methoxy groups -OCH3 is 1. The molecule has 0 fully saturated rings. The highest BCUT2D eigenvalue weighted by Crippen LogP contribution is 2.28. The van der Waals surface area contributed by atoms with E-state index in [9.17, 15) is 0 Å². The van der Waals surface area contributed by atoms with E-state index in [2.05, 4.69) is 24.3 Å². The molecule has 1 unspecified atom stereocenters. The maximum Gasteiger partial charge on any atom is 0.121 e. The summed E-state index contributed by atoms with van der Waals surface area (Å²) in [7, 11) is 1.68. The lowest BCUT2D eigenvalue weighted by Crippen LogP contribution is -2.12. The quantitative estimate of drug-likeness (QED) is 0.931. The fourth-order valence-electron chi connectivity index (χ4n) is 2.67. The molecule has 3 heteroatoms. The Morgan fingerprint density at radius 2 is 1.75 bits per heavy atom. The summed E-state index contributed by atoms with van der Waals surface area (Å²) in [5, 5.41) is 0. The zero-order valence-electron chi connectivity index (χ0n) is 11.8. The Labute approximate surface area is 119 Å². The summed E-state index contributed by atoms with van der Waals surface area (Å²) in [6.45, 7) is 3.44. The molecule has 2 N–H and O–H groups in total. The molecule has 0 aromatic heterocycles. The summed E-state index contributed by atoms with van der Waals surface area (Å²) in [6.07, 6.45) is 0. The van der Waals surface area contributed by atoms with Crippen molar-refractivity contribution in [3.05, 3.63) is 64.2 Å². The maximum absolute atomic E-state index is 6.39. The van der Waals surface area contributed by atoms with Gasteiger partial charge in [-0.25, -0.2) is 0 Å². The van der Waals surface area contributed by atoms with Crippen molar-refractivity contribution in [1.29, 1.82) is 0 Å². The van der Waals surface area contributed by atoms with Gasteiger partial charge in [0.2, 0.25) is 0 Å². The molecule has 3 nitrogen and oxygen atoms in total. The van der Waals surface area contributed by atoms with E-state index in [0.717, 1.165) is 22.4 Å². The van der Waals surface area contributed by atoms with Gasteiger partial charge in [0.15, 0.2) is 0 Å². The molecule has 2 aromatic carbocycles. The van der Waals surface area contributed by atoms with Crippen molar-refractivity contribution in [2.24, 2.45) is 5.73 Å². The van der Waals surface area contributed by atoms with Gasteiger partial charge in [-0.05, 0) is 40.8 Å². The van der Waals surface area contributed by atoms with Crippen molar-refractivity contribution in [1.82, 2.24) is 0 Å². The number of ether oxygens (including phenoxy) is 2. The largest absolute Gasteiger partial charge is 0.496 e. The van der Waals surface area contributed by atoms with Crippen molar-refractivity contribution >= 4 is 0 Å². The molecule has 0 saturated heterocycles. The normalized spacial score (nSPS) is 14.9. The molecule has 0 bridgehead atoms. The molecule has 0 aliphatic carbocycles. The summed E-state index contributed by atoms with van der Waals surface area (Å²) in [5.41, 5.74) is 12.2. The van der Waals surface area contributed by atoms with Crippen molar-refractivity contribution in [2.75, 3.05) is 7.11 Å². The standard InChI is InChI=1S/C17H19NO2/c1-11-7-12(5-6-16(11)19-2)17(18)13-3-4-14-9-20-10-15(14)8-13/h3-8,17H,9-10,18H2,1-2H3. The van der Waals surface area contributed by atoms with Crippen molar-refractivity contribution < 1.29 is 9.47 Å². The number of fused-ring (bicyclic) bond motifs is 1. The van der Waals surface area contributed by atoms with Crippen LogP contribution >= 0.6 is 0 Å². The molecule has 20 heavy (non-hydrogen) atoms. The van der Waals surface area contributed by atoms with E-state index >= 15 is 0 Å². The fraction of sp³-hybridized carbons (Fsp3) is 0.294. The predicted octanol–water partition coefficient (Wildman–Crippen LogP) is 3.08. The van der Waals surface area contributed by atoms with Crippen LogP contribution in [-0.2, 0) is 18.0 Å². The maximum atomic E-state index is 6.39. The molecular formula is C17H19NO2. The van der Waals surface area contributed by atoms with Crippen LogP contribution in [0.25, 0.3) is 0 Å². The SMILES string of the molecule is COc1ccc(C(N)c2ccc3c(c2)COC3)cc1C. The van der Waals surface area contributed by atoms with Gasteiger partial charge in [-0.15, -0.1) is 0 Å². The zero-order chi connectivity index (χ0) is 14.1. The van der Waals surface area contributed by atoms with Crippen molar-refractivity contribution in [3.8, 4) is 5.75 Å². The second kappa shape index (κ2) is 5.27. The van der Waals surface area contributed by atoms with Crippen LogP contribution in [0, 0.1) is 6.92 Å². The van der Waals surface area contributed by atoms with E-state index in [1.54, 1.807) is 7.11 Å². The summed E-state index contributed by atoms with van der Waals surface area (Å²) in [5.74, 6) is 0.892. The molecular weight excluding hydrogens is 250 g/mol. The first-order valence-electron chi connectivity index (χ1n) is 6.78. The second-order valence-corrected chi connectivity index (χ2v) is 5.23. The molecule has 1 atom stereocenters. The van der Waals surface area contributed by atoms with E-state index in [-0.39, 0.29) is 6.04 Å². The van der Waals surface area contributed by atoms with E-state index in [1.165, 1.54) is 11.1 Å². The van der Waals surface area contributed by atoms with Crippen LogP contribution in [0.5, 0.6) is 5.75 Å². The number of hydrogen-bond donors (Lipinski definition) is 1.